The van der Waals surface area contributed by atoms with Crippen molar-refractivity contribution < 1.29 is 25.9 Å². The molecular weight excluding hydrogens is 581 g/mol. The molecule has 1 aliphatic rings. The van der Waals surface area contributed by atoms with Gasteiger partial charge in [0.1, 0.15) is 11.5 Å². The molecule has 0 spiro atoms. The Bertz CT molecular complexity index is 1500. The van der Waals surface area contributed by atoms with E-state index in [1.54, 1.807) is 14.2 Å². The molecular formula is C31H42O6Si4. The van der Waals surface area contributed by atoms with Gasteiger partial charge in [-0.3, -0.25) is 0 Å². The van der Waals surface area contributed by atoms with Crippen molar-refractivity contribution in [2.24, 2.45) is 0 Å². The molecule has 0 atom stereocenters. The van der Waals surface area contributed by atoms with Gasteiger partial charge in [0.25, 0.3) is 0 Å². The highest BCUT2D eigenvalue weighted by atomic mass is 28.5. The van der Waals surface area contributed by atoms with Crippen molar-refractivity contribution in [1.29, 1.82) is 0 Å². The molecule has 218 valence electrons. The molecule has 4 aromatic carbocycles. The van der Waals surface area contributed by atoms with Crippen LogP contribution in [-0.4, -0.2) is 48.5 Å². The van der Waals surface area contributed by atoms with Crippen LogP contribution in [0.3, 0.4) is 0 Å². The monoisotopic (exact) mass is 622 g/mol. The summed E-state index contributed by atoms with van der Waals surface area (Å²) in [7, 11) is -5.79. The number of benzene rings is 4. The summed E-state index contributed by atoms with van der Waals surface area (Å²) in [5.41, 5.74) is 5.35. The Balaban J connectivity index is 1.41. The topological polar surface area (TPSA) is 55.4 Å². The molecule has 1 aliphatic carbocycles. The van der Waals surface area contributed by atoms with Gasteiger partial charge in [-0.2, -0.15) is 0 Å². The SMILES string of the molecule is CO[Si](C)(C)O[Si](C)(C)Oc1ccc2c3c(ccc2c1)-c1ccc2cc(O[Si](C)(C)O[Si](C)(C)OC)ccc2c1C3. The molecule has 0 amide bonds. The minimum Gasteiger partial charge on any atom is -0.521 e. The Labute approximate surface area is 248 Å². The van der Waals surface area contributed by atoms with Crippen molar-refractivity contribution in [3.05, 3.63) is 71.8 Å². The molecule has 0 saturated carbocycles. The summed E-state index contributed by atoms with van der Waals surface area (Å²) in [5.74, 6) is 1.69. The lowest BCUT2D eigenvalue weighted by atomic mass is 9.98. The largest absolute Gasteiger partial charge is 0.521 e. The zero-order valence-corrected chi connectivity index (χ0v) is 29.9. The van der Waals surface area contributed by atoms with E-state index in [1.807, 2.05) is 26.2 Å². The van der Waals surface area contributed by atoms with Crippen molar-refractivity contribution in [1.82, 2.24) is 0 Å². The third kappa shape index (κ3) is 6.55. The zero-order chi connectivity index (χ0) is 29.8. The maximum atomic E-state index is 6.41. The van der Waals surface area contributed by atoms with E-state index in [1.165, 1.54) is 43.8 Å². The molecule has 0 bridgehead atoms. The summed E-state index contributed by atoms with van der Waals surface area (Å²) >= 11 is 0. The first-order valence-electron chi connectivity index (χ1n) is 14.1. The molecule has 0 aromatic heterocycles. The van der Waals surface area contributed by atoms with E-state index < -0.39 is 34.2 Å². The third-order valence-electron chi connectivity index (χ3n) is 7.54. The summed E-state index contributed by atoms with van der Waals surface area (Å²) in [5, 5.41) is 4.88. The number of fused-ring (bicyclic) bond motifs is 7. The van der Waals surface area contributed by atoms with Crippen LogP contribution in [0.15, 0.2) is 60.7 Å². The smallest absolute Gasteiger partial charge is 0.383 e. The summed E-state index contributed by atoms with van der Waals surface area (Å²) < 4.78 is 36.7. The molecule has 0 N–H and O–H groups in total. The van der Waals surface area contributed by atoms with Crippen LogP contribution < -0.4 is 8.85 Å². The lowest BCUT2D eigenvalue weighted by Crippen LogP contribution is -2.49. The van der Waals surface area contributed by atoms with Crippen molar-refractivity contribution in [3.8, 4) is 22.6 Å². The quantitative estimate of drug-likeness (QED) is 0.146. The lowest BCUT2D eigenvalue weighted by molar-refractivity contribution is 0.280. The van der Waals surface area contributed by atoms with E-state index in [0.717, 1.165) is 17.9 Å². The van der Waals surface area contributed by atoms with E-state index in [-0.39, 0.29) is 0 Å². The van der Waals surface area contributed by atoms with Crippen LogP contribution in [0.5, 0.6) is 11.5 Å². The molecule has 4 aromatic rings. The zero-order valence-electron chi connectivity index (χ0n) is 25.9. The molecule has 0 fully saturated rings. The van der Waals surface area contributed by atoms with Gasteiger partial charge in [0.05, 0.1) is 0 Å². The molecule has 0 radical (unpaired) electrons. The summed E-state index contributed by atoms with van der Waals surface area (Å²) in [6.07, 6.45) is 0.897. The fourth-order valence-corrected chi connectivity index (χ4v) is 17.7. The van der Waals surface area contributed by atoms with Gasteiger partial charge >= 0.3 is 34.2 Å². The predicted octanol–water partition coefficient (Wildman–Crippen LogP) is 8.46. The molecule has 0 saturated heterocycles. The Morgan fingerprint density at radius 2 is 0.878 bits per heavy atom. The first-order chi connectivity index (χ1) is 19.1. The van der Waals surface area contributed by atoms with Gasteiger partial charge in [0, 0.05) is 14.2 Å². The van der Waals surface area contributed by atoms with Crippen LogP contribution in [0.25, 0.3) is 32.7 Å². The predicted molar refractivity (Wildman–Crippen MR) is 177 cm³/mol. The average Bonchev–Trinajstić information content (AvgIpc) is 3.26. The van der Waals surface area contributed by atoms with E-state index >= 15 is 0 Å². The van der Waals surface area contributed by atoms with Crippen molar-refractivity contribution in [2.45, 2.75) is 58.8 Å². The lowest BCUT2D eigenvalue weighted by Gasteiger charge is -2.32. The van der Waals surface area contributed by atoms with Crippen molar-refractivity contribution in [2.75, 3.05) is 14.2 Å². The molecule has 10 heteroatoms. The minimum atomic E-state index is -2.41. The first kappa shape index (κ1) is 30.2. The average molecular weight is 623 g/mol. The summed E-state index contributed by atoms with van der Waals surface area (Å²) in [6.45, 7) is 16.5. The van der Waals surface area contributed by atoms with Crippen molar-refractivity contribution in [3.63, 3.8) is 0 Å². The second-order valence-electron chi connectivity index (χ2n) is 12.5. The van der Waals surface area contributed by atoms with Crippen LogP contribution in [0.2, 0.25) is 52.4 Å². The minimum absolute atomic E-state index is 0.843. The van der Waals surface area contributed by atoms with E-state index in [9.17, 15) is 0 Å². The number of rotatable bonds is 10. The van der Waals surface area contributed by atoms with Crippen molar-refractivity contribution >= 4 is 55.8 Å². The number of hydrogen-bond donors (Lipinski definition) is 0. The highest BCUT2D eigenvalue weighted by molar-refractivity contribution is 6.79. The Morgan fingerprint density at radius 3 is 1.24 bits per heavy atom. The second kappa shape index (κ2) is 10.8. The van der Waals surface area contributed by atoms with Crippen LogP contribution in [0.1, 0.15) is 11.1 Å². The van der Waals surface area contributed by atoms with E-state index in [2.05, 4.69) is 86.9 Å². The fraction of sp³-hybridized carbons (Fsp3) is 0.355. The van der Waals surface area contributed by atoms with Gasteiger partial charge in [-0.1, -0.05) is 36.4 Å². The Kier molecular flexibility index (Phi) is 7.92. The van der Waals surface area contributed by atoms with Gasteiger partial charge in [-0.25, -0.2) is 0 Å². The highest BCUT2D eigenvalue weighted by Crippen LogP contribution is 2.44. The summed E-state index contributed by atoms with van der Waals surface area (Å²) in [6, 6.07) is 21.8. The van der Waals surface area contributed by atoms with Crippen LogP contribution in [0, 0.1) is 0 Å². The highest BCUT2D eigenvalue weighted by Gasteiger charge is 2.38. The molecule has 0 unspecified atom stereocenters. The Hall–Kier alpha value is -2.29. The van der Waals surface area contributed by atoms with Gasteiger partial charge in [0.15, 0.2) is 0 Å². The molecule has 41 heavy (non-hydrogen) atoms. The van der Waals surface area contributed by atoms with E-state index in [0.29, 0.717) is 0 Å². The third-order valence-corrected chi connectivity index (χ3v) is 18.8. The van der Waals surface area contributed by atoms with Gasteiger partial charge < -0.3 is 25.9 Å². The van der Waals surface area contributed by atoms with Crippen LogP contribution >= 0.6 is 0 Å². The van der Waals surface area contributed by atoms with Gasteiger partial charge in [0.2, 0.25) is 0 Å². The molecule has 5 rings (SSSR count). The first-order valence-corrected chi connectivity index (χ1v) is 25.4. The Morgan fingerprint density at radius 1 is 0.488 bits per heavy atom. The fourth-order valence-electron chi connectivity index (χ4n) is 5.81. The standard InChI is InChI=1S/C31H42O6Si4/c1-32-38(3,4)36-40(7,8)34-24-13-17-26-22(19-24)11-15-28-29-16-12-23-20-25(14-18-27(23)31(29)21-30(26)28)35-41(9,10)37-39(5,6)33-2/h11-20H,21H2,1-10H3. The second-order valence-corrected chi connectivity index (χ2v) is 26.6. The molecule has 0 heterocycles. The molecule has 0 aliphatic heterocycles. The summed E-state index contributed by atoms with van der Waals surface area (Å²) in [4.78, 5) is 0. The maximum Gasteiger partial charge on any atom is 0.383 e. The van der Waals surface area contributed by atoms with Gasteiger partial charge in [-0.05, 0) is 127 Å². The maximum absolute atomic E-state index is 6.41. The van der Waals surface area contributed by atoms with Gasteiger partial charge in [-0.15, -0.1) is 0 Å². The van der Waals surface area contributed by atoms with Crippen LogP contribution in [-0.2, 0) is 23.5 Å². The van der Waals surface area contributed by atoms with Crippen LogP contribution in [0.4, 0.5) is 0 Å². The molecule has 6 nitrogen and oxygen atoms in total. The normalized spacial score (nSPS) is 13.9. The van der Waals surface area contributed by atoms with E-state index in [4.69, 9.17) is 25.9 Å². The number of hydrogen-bond acceptors (Lipinski definition) is 6.